The van der Waals surface area contributed by atoms with Gasteiger partial charge in [0.15, 0.2) is 0 Å². The fourth-order valence-electron chi connectivity index (χ4n) is 2.59. The number of ether oxygens (including phenoxy) is 2. The molecule has 1 aliphatic rings. The zero-order chi connectivity index (χ0) is 13.9. The third-order valence-electron chi connectivity index (χ3n) is 3.64. The minimum Gasteiger partial charge on any atom is -0.497 e. The Kier molecular flexibility index (Phi) is 3.58. The van der Waals surface area contributed by atoms with E-state index in [4.69, 9.17) is 15.3 Å². The first-order valence-electron chi connectivity index (χ1n) is 6.67. The summed E-state index contributed by atoms with van der Waals surface area (Å²) in [6, 6.07) is 14.1. The highest BCUT2D eigenvalue weighted by Gasteiger charge is 2.17. The molecule has 3 N–H and O–H groups in total. The molecule has 4 heteroatoms. The maximum absolute atomic E-state index is 5.75. The minimum atomic E-state index is -0.0593. The molecule has 4 nitrogen and oxygen atoms in total. The van der Waals surface area contributed by atoms with Crippen molar-refractivity contribution in [3.05, 3.63) is 59.2 Å². The van der Waals surface area contributed by atoms with Crippen molar-refractivity contribution in [3.8, 4) is 11.5 Å². The van der Waals surface area contributed by atoms with Crippen LogP contribution in [-0.4, -0.2) is 13.7 Å². The van der Waals surface area contributed by atoms with Crippen LogP contribution >= 0.6 is 0 Å². The van der Waals surface area contributed by atoms with Crippen molar-refractivity contribution in [1.29, 1.82) is 0 Å². The van der Waals surface area contributed by atoms with E-state index >= 15 is 0 Å². The molecular weight excluding hydrogens is 252 g/mol. The first-order valence-corrected chi connectivity index (χ1v) is 6.67. The molecule has 0 saturated carbocycles. The Morgan fingerprint density at radius 2 is 2.05 bits per heavy atom. The van der Waals surface area contributed by atoms with Crippen molar-refractivity contribution in [2.45, 2.75) is 12.5 Å². The molecular formula is C16H18N2O2. The van der Waals surface area contributed by atoms with Crippen LogP contribution in [0.3, 0.4) is 0 Å². The van der Waals surface area contributed by atoms with E-state index in [-0.39, 0.29) is 6.04 Å². The minimum absolute atomic E-state index is 0.0593. The first kappa shape index (κ1) is 13.0. The summed E-state index contributed by atoms with van der Waals surface area (Å²) < 4.78 is 10.8. The SMILES string of the molecule is COc1cccc(C(NN)c2ccc3c(c2)CCO3)c1. The van der Waals surface area contributed by atoms with Gasteiger partial charge in [0.2, 0.25) is 0 Å². The average Bonchev–Trinajstić information content (AvgIpc) is 2.96. The van der Waals surface area contributed by atoms with Crippen molar-refractivity contribution in [3.63, 3.8) is 0 Å². The maximum atomic E-state index is 5.75. The van der Waals surface area contributed by atoms with E-state index in [2.05, 4.69) is 11.5 Å². The highest BCUT2D eigenvalue weighted by molar-refractivity contribution is 5.44. The maximum Gasteiger partial charge on any atom is 0.122 e. The van der Waals surface area contributed by atoms with Gasteiger partial charge in [0, 0.05) is 6.42 Å². The smallest absolute Gasteiger partial charge is 0.122 e. The molecule has 0 aromatic heterocycles. The molecule has 104 valence electrons. The summed E-state index contributed by atoms with van der Waals surface area (Å²) in [4.78, 5) is 0. The van der Waals surface area contributed by atoms with Gasteiger partial charge in [-0.1, -0.05) is 24.3 Å². The van der Waals surface area contributed by atoms with E-state index in [1.165, 1.54) is 5.56 Å². The quantitative estimate of drug-likeness (QED) is 0.660. The normalized spacial score (nSPS) is 14.5. The Hall–Kier alpha value is -2.04. The molecule has 0 spiro atoms. The molecule has 0 fully saturated rings. The van der Waals surface area contributed by atoms with Gasteiger partial charge < -0.3 is 9.47 Å². The average molecular weight is 270 g/mol. The van der Waals surface area contributed by atoms with Crippen LogP contribution < -0.4 is 20.7 Å². The highest BCUT2D eigenvalue weighted by Crippen LogP contribution is 2.31. The molecule has 0 aliphatic carbocycles. The van der Waals surface area contributed by atoms with Crippen LogP contribution in [0, 0.1) is 0 Å². The Balaban J connectivity index is 1.96. The molecule has 0 amide bonds. The first-order chi connectivity index (χ1) is 9.81. The van der Waals surface area contributed by atoms with Gasteiger partial charge in [-0.25, -0.2) is 5.43 Å². The van der Waals surface area contributed by atoms with E-state index in [1.807, 2.05) is 36.4 Å². The number of benzene rings is 2. The van der Waals surface area contributed by atoms with Gasteiger partial charge in [-0.2, -0.15) is 0 Å². The van der Waals surface area contributed by atoms with E-state index < -0.39 is 0 Å². The van der Waals surface area contributed by atoms with Gasteiger partial charge in [0.05, 0.1) is 19.8 Å². The number of methoxy groups -OCH3 is 1. The molecule has 2 aromatic carbocycles. The molecule has 0 radical (unpaired) electrons. The molecule has 0 saturated heterocycles. The van der Waals surface area contributed by atoms with Crippen LogP contribution in [0.25, 0.3) is 0 Å². The van der Waals surface area contributed by atoms with Crippen LogP contribution in [-0.2, 0) is 6.42 Å². The van der Waals surface area contributed by atoms with Crippen molar-refractivity contribution in [2.75, 3.05) is 13.7 Å². The van der Waals surface area contributed by atoms with Crippen molar-refractivity contribution in [2.24, 2.45) is 5.84 Å². The number of hydrazine groups is 1. The van der Waals surface area contributed by atoms with Gasteiger partial charge in [-0.3, -0.25) is 5.84 Å². The molecule has 3 rings (SSSR count). The Morgan fingerprint density at radius 3 is 2.85 bits per heavy atom. The number of nitrogens with one attached hydrogen (secondary N) is 1. The summed E-state index contributed by atoms with van der Waals surface area (Å²) in [7, 11) is 1.66. The van der Waals surface area contributed by atoms with Crippen molar-refractivity contribution >= 4 is 0 Å². The fraction of sp³-hybridized carbons (Fsp3) is 0.250. The third kappa shape index (κ3) is 2.35. The summed E-state index contributed by atoms with van der Waals surface area (Å²) in [5, 5.41) is 0. The van der Waals surface area contributed by atoms with Gasteiger partial charge >= 0.3 is 0 Å². The van der Waals surface area contributed by atoms with Crippen LogP contribution in [0.2, 0.25) is 0 Å². The number of nitrogens with two attached hydrogens (primary N) is 1. The molecule has 1 unspecified atom stereocenters. The number of rotatable bonds is 4. The van der Waals surface area contributed by atoms with Gasteiger partial charge in [-0.15, -0.1) is 0 Å². The Labute approximate surface area is 118 Å². The van der Waals surface area contributed by atoms with E-state index in [0.29, 0.717) is 0 Å². The molecule has 2 aromatic rings. The Morgan fingerprint density at radius 1 is 1.20 bits per heavy atom. The van der Waals surface area contributed by atoms with E-state index in [9.17, 15) is 0 Å². The predicted molar refractivity (Wildman–Crippen MR) is 77.8 cm³/mol. The molecule has 0 bridgehead atoms. The van der Waals surface area contributed by atoms with Gasteiger partial charge in [0.1, 0.15) is 11.5 Å². The van der Waals surface area contributed by atoms with Crippen LogP contribution in [0.5, 0.6) is 11.5 Å². The number of hydrogen-bond donors (Lipinski definition) is 2. The topological polar surface area (TPSA) is 56.5 Å². The van der Waals surface area contributed by atoms with Crippen LogP contribution in [0.1, 0.15) is 22.7 Å². The van der Waals surface area contributed by atoms with Crippen LogP contribution in [0.4, 0.5) is 0 Å². The standard InChI is InChI=1S/C16H18N2O2/c1-19-14-4-2-3-12(10-14)16(18-17)13-5-6-15-11(9-13)7-8-20-15/h2-6,9-10,16,18H,7-8,17H2,1H3. The lowest BCUT2D eigenvalue weighted by Crippen LogP contribution is -2.28. The summed E-state index contributed by atoms with van der Waals surface area (Å²) in [6.45, 7) is 0.763. The zero-order valence-electron chi connectivity index (χ0n) is 11.4. The lowest BCUT2D eigenvalue weighted by molar-refractivity contribution is 0.357. The molecule has 1 atom stereocenters. The van der Waals surface area contributed by atoms with Crippen LogP contribution in [0.15, 0.2) is 42.5 Å². The predicted octanol–water partition coefficient (Wildman–Crippen LogP) is 2.18. The summed E-state index contributed by atoms with van der Waals surface area (Å²) in [5.74, 6) is 7.56. The second-order valence-corrected chi connectivity index (χ2v) is 4.84. The second-order valence-electron chi connectivity index (χ2n) is 4.84. The lowest BCUT2D eigenvalue weighted by atomic mass is 9.97. The fourth-order valence-corrected chi connectivity index (χ4v) is 2.59. The molecule has 1 heterocycles. The lowest BCUT2D eigenvalue weighted by Gasteiger charge is -2.18. The monoisotopic (exact) mass is 270 g/mol. The third-order valence-corrected chi connectivity index (χ3v) is 3.64. The molecule has 1 aliphatic heterocycles. The number of fused-ring (bicyclic) bond motifs is 1. The second kappa shape index (κ2) is 5.53. The zero-order valence-corrected chi connectivity index (χ0v) is 11.4. The highest BCUT2D eigenvalue weighted by atomic mass is 16.5. The summed E-state index contributed by atoms with van der Waals surface area (Å²) in [6.07, 6.45) is 0.957. The summed E-state index contributed by atoms with van der Waals surface area (Å²) >= 11 is 0. The summed E-state index contributed by atoms with van der Waals surface area (Å²) in [5.41, 5.74) is 6.33. The largest absolute Gasteiger partial charge is 0.497 e. The van der Waals surface area contributed by atoms with E-state index in [0.717, 1.165) is 35.7 Å². The van der Waals surface area contributed by atoms with Gasteiger partial charge in [0.25, 0.3) is 0 Å². The Bertz CT molecular complexity index is 613. The van der Waals surface area contributed by atoms with Crippen molar-refractivity contribution < 1.29 is 9.47 Å². The van der Waals surface area contributed by atoms with Gasteiger partial charge in [-0.05, 0) is 34.9 Å². The van der Waals surface area contributed by atoms with Crippen molar-refractivity contribution in [1.82, 2.24) is 5.43 Å². The number of hydrogen-bond acceptors (Lipinski definition) is 4. The molecule has 20 heavy (non-hydrogen) atoms. The van der Waals surface area contributed by atoms with E-state index in [1.54, 1.807) is 7.11 Å².